The van der Waals surface area contributed by atoms with Crippen molar-refractivity contribution in [1.82, 2.24) is 10.2 Å². The molecule has 1 aromatic rings. The quantitative estimate of drug-likeness (QED) is 0.868. The van der Waals surface area contributed by atoms with Crippen molar-refractivity contribution in [3.05, 3.63) is 35.4 Å². The Labute approximate surface area is 107 Å². The molecule has 1 aromatic carbocycles. The zero-order chi connectivity index (χ0) is 13.0. The Balaban J connectivity index is 2.01. The minimum Gasteiger partial charge on any atom is -0.315 e. The Morgan fingerprint density at radius 1 is 1.39 bits per heavy atom. The van der Waals surface area contributed by atoms with Crippen molar-refractivity contribution in [2.24, 2.45) is 0 Å². The van der Waals surface area contributed by atoms with E-state index in [2.05, 4.69) is 17.1 Å². The standard InChI is InChI=1S/C14H20F2N2/c1-2-17-9-13-4-3-7-18(13)10-11-8-12(15)5-6-14(11)16/h5-6,8,13,17H,2-4,7,9-10H2,1H3. The number of likely N-dealkylation sites (N-methyl/N-ethyl adjacent to an activating group) is 1. The largest absolute Gasteiger partial charge is 0.315 e. The number of hydrogen-bond donors (Lipinski definition) is 1. The van der Waals surface area contributed by atoms with Gasteiger partial charge in [-0.15, -0.1) is 0 Å². The number of nitrogens with zero attached hydrogens (tertiary/aromatic N) is 1. The smallest absolute Gasteiger partial charge is 0.127 e. The van der Waals surface area contributed by atoms with Crippen LogP contribution in [-0.4, -0.2) is 30.6 Å². The fraction of sp³-hybridized carbons (Fsp3) is 0.571. The highest BCUT2D eigenvalue weighted by Crippen LogP contribution is 2.21. The van der Waals surface area contributed by atoms with Crippen LogP contribution in [0, 0.1) is 11.6 Å². The molecule has 1 atom stereocenters. The topological polar surface area (TPSA) is 15.3 Å². The van der Waals surface area contributed by atoms with Crippen molar-refractivity contribution in [3.8, 4) is 0 Å². The predicted octanol–water partition coefficient (Wildman–Crippen LogP) is 2.54. The molecule has 0 aromatic heterocycles. The molecule has 2 rings (SSSR count). The number of benzene rings is 1. The van der Waals surface area contributed by atoms with Crippen LogP contribution in [0.1, 0.15) is 25.3 Å². The van der Waals surface area contributed by atoms with Gasteiger partial charge in [0.2, 0.25) is 0 Å². The highest BCUT2D eigenvalue weighted by Gasteiger charge is 2.24. The predicted molar refractivity (Wildman–Crippen MR) is 68.3 cm³/mol. The molecule has 2 nitrogen and oxygen atoms in total. The first-order valence-electron chi connectivity index (χ1n) is 6.59. The van der Waals surface area contributed by atoms with Crippen molar-refractivity contribution in [3.63, 3.8) is 0 Å². The lowest BCUT2D eigenvalue weighted by Gasteiger charge is -2.24. The van der Waals surface area contributed by atoms with Gasteiger partial charge in [-0.05, 0) is 44.1 Å². The van der Waals surface area contributed by atoms with Crippen LogP contribution >= 0.6 is 0 Å². The summed E-state index contributed by atoms with van der Waals surface area (Å²) in [5.74, 6) is -0.681. The molecular weight excluding hydrogens is 234 g/mol. The third-order valence-electron chi connectivity index (χ3n) is 3.51. The van der Waals surface area contributed by atoms with Crippen LogP contribution in [0.5, 0.6) is 0 Å². The van der Waals surface area contributed by atoms with Crippen molar-refractivity contribution in [2.75, 3.05) is 19.6 Å². The van der Waals surface area contributed by atoms with E-state index in [0.717, 1.165) is 32.5 Å². The summed E-state index contributed by atoms with van der Waals surface area (Å²) in [5, 5.41) is 3.32. The maximum Gasteiger partial charge on any atom is 0.127 e. The molecule has 0 radical (unpaired) electrons. The van der Waals surface area contributed by atoms with Crippen LogP contribution in [-0.2, 0) is 6.54 Å². The summed E-state index contributed by atoms with van der Waals surface area (Å²) in [5.41, 5.74) is 0.457. The zero-order valence-electron chi connectivity index (χ0n) is 10.8. The van der Waals surface area contributed by atoms with Crippen molar-refractivity contribution >= 4 is 0 Å². The average Bonchev–Trinajstić information content (AvgIpc) is 2.79. The number of nitrogens with one attached hydrogen (secondary N) is 1. The third kappa shape index (κ3) is 3.27. The molecule has 0 saturated carbocycles. The maximum absolute atomic E-state index is 13.6. The van der Waals surface area contributed by atoms with Crippen LogP contribution in [0.3, 0.4) is 0 Å². The van der Waals surface area contributed by atoms with Crippen molar-refractivity contribution < 1.29 is 8.78 Å². The van der Waals surface area contributed by atoms with E-state index in [4.69, 9.17) is 0 Å². The Morgan fingerprint density at radius 3 is 3.00 bits per heavy atom. The Hall–Kier alpha value is -1.00. The maximum atomic E-state index is 13.6. The summed E-state index contributed by atoms with van der Waals surface area (Å²) in [4.78, 5) is 2.24. The van der Waals surface area contributed by atoms with Gasteiger partial charge < -0.3 is 5.32 Å². The summed E-state index contributed by atoms with van der Waals surface area (Å²) in [6.45, 7) is 5.41. The molecule has 4 heteroatoms. The van der Waals surface area contributed by atoms with Gasteiger partial charge in [0, 0.05) is 24.7 Å². The van der Waals surface area contributed by atoms with E-state index in [1.165, 1.54) is 18.2 Å². The first-order valence-corrected chi connectivity index (χ1v) is 6.59. The molecule has 1 heterocycles. The number of rotatable bonds is 5. The van der Waals surface area contributed by atoms with Crippen LogP contribution in [0.15, 0.2) is 18.2 Å². The second kappa shape index (κ2) is 6.25. The average molecular weight is 254 g/mol. The Bertz CT molecular complexity index is 395. The second-order valence-electron chi connectivity index (χ2n) is 4.81. The van der Waals surface area contributed by atoms with E-state index < -0.39 is 0 Å². The summed E-state index contributed by atoms with van der Waals surface area (Å²) in [6.07, 6.45) is 2.26. The van der Waals surface area contributed by atoms with Crippen LogP contribution in [0.2, 0.25) is 0 Å². The van der Waals surface area contributed by atoms with E-state index >= 15 is 0 Å². The Kier molecular flexibility index (Phi) is 4.66. The fourth-order valence-corrected chi connectivity index (χ4v) is 2.53. The molecule has 0 spiro atoms. The molecule has 0 amide bonds. The molecule has 18 heavy (non-hydrogen) atoms. The van der Waals surface area contributed by atoms with Gasteiger partial charge in [-0.25, -0.2) is 8.78 Å². The number of hydrogen-bond acceptors (Lipinski definition) is 2. The molecule has 1 aliphatic rings. The molecule has 100 valence electrons. The highest BCUT2D eigenvalue weighted by atomic mass is 19.1. The summed E-state index contributed by atoms with van der Waals surface area (Å²) in [7, 11) is 0. The van der Waals surface area contributed by atoms with Gasteiger partial charge in [-0.2, -0.15) is 0 Å². The van der Waals surface area contributed by atoms with Gasteiger partial charge in [-0.1, -0.05) is 6.92 Å². The lowest BCUT2D eigenvalue weighted by atomic mass is 10.1. The fourth-order valence-electron chi connectivity index (χ4n) is 2.53. The molecule has 1 N–H and O–H groups in total. The highest BCUT2D eigenvalue weighted by molar-refractivity contribution is 5.18. The molecule has 1 saturated heterocycles. The minimum atomic E-state index is -0.367. The van der Waals surface area contributed by atoms with Crippen molar-refractivity contribution in [1.29, 1.82) is 0 Å². The van der Waals surface area contributed by atoms with E-state index in [1.54, 1.807) is 0 Å². The monoisotopic (exact) mass is 254 g/mol. The van der Waals surface area contributed by atoms with Gasteiger partial charge in [0.25, 0.3) is 0 Å². The molecule has 1 aliphatic heterocycles. The number of halogens is 2. The minimum absolute atomic E-state index is 0.314. The van der Waals surface area contributed by atoms with Gasteiger partial charge in [0.1, 0.15) is 11.6 Å². The number of likely N-dealkylation sites (tertiary alicyclic amines) is 1. The molecule has 0 bridgehead atoms. The van der Waals surface area contributed by atoms with E-state index in [-0.39, 0.29) is 11.6 Å². The lowest BCUT2D eigenvalue weighted by molar-refractivity contribution is 0.237. The van der Waals surface area contributed by atoms with Gasteiger partial charge >= 0.3 is 0 Å². The van der Waals surface area contributed by atoms with Gasteiger partial charge in [-0.3, -0.25) is 4.90 Å². The van der Waals surface area contributed by atoms with E-state index in [1.807, 2.05) is 0 Å². The first-order chi connectivity index (χ1) is 8.70. The zero-order valence-corrected chi connectivity index (χ0v) is 10.8. The van der Waals surface area contributed by atoms with Crippen LogP contribution < -0.4 is 5.32 Å². The van der Waals surface area contributed by atoms with E-state index in [9.17, 15) is 8.78 Å². The van der Waals surface area contributed by atoms with E-state index in [0.29, 0.717) is 18.2 Å². The molecule has 1 fully saturated rings. The van der Waals surface area contributed by atoms with Crippen molar-refractivity contribution in [2.45, 2.75) is 32.4 Å². The van der Waals surface area contributed by atoms with Gasteiger partial charge in [0.15, 0.2) is 0 Å². The van der Waals surface area contributed by atoms with Crippen LogP contribution in [0.25, 0.3) is 0 Å². The Morgan fingerprint density at radius 2 is 2.22 bits per heavy atom. The van der Waals surface area contributed by atoms with Crippen LogP contribution in [0.4, 0.5) is 8.78 Å². The van der Waals surface area contributed by atoms with Gasteiger partial charge in [0.05, 0.1) is 0 Å². The second-order valence-corrected chi connectivity index (χ2v) is 4.81. The summed E-state index contributed by atoms with van der Waals surface area (Å²) < 4.78 is 26.7. The molecule has 1 unspecified atom stereocenters. The first kappa shape index (κ1) is 13.4. The SMILES string of the molecule is CCNCC1CCCN1Cc1cc(F)ccc1F. The molecular formula is C14H20F2N2. The third-order valence-corrected chi connectivity index (χ3v) is 3.51. The normalized spacial score (nSPS) is 20.5. The summed E-state index contributed by atoms with van der Waals surface area (Å²) in [6, 6.07) is 4.12. The molecule has 0 aliphatic carbocycles. The summed E-state index contributed by atoms with van der Waals surface area (Å²) >= 11 is 0. The lowest BCUT2D eigenvalue weighted by Crippen LogP contribution is -2.37.